The fourth-order valence-electron chi connectivity index (χ4n) is 3.13. The van der Waals surface area contributed by atoms with Crippen LogP contribution in [-0.2, 0) is 6.54 Å². The number of halogens is 2. The van der Waals surface area contributed by atoms with Crippen LogP contribution in [-0.4, -0.2) is 34.7 Å². The SMILES string of the molecule is COc1c(Cl)cc(C(=O)N(C)Cc2c(C)nn(-c3ccccc3)c2C)cc1Cl. The number of rotatable bonds is 5. The van der Waals surface area contributed by atoms with Crippen molar-refractivity contribution in [1.82, 2.24) is 14.7 Å². The zero-order valence-electron chi connectivity index (χ0n) is 16.2. The lowest BCUT2D eigenvalue weighted by Crippen LogP contribution is -2.26. The summed E-state index contributed by atoms with van der Waals surface area (Å²) in [5, 5.41) is 5.24. The smallest absolute Gasteiger partial charge is 0.254 e. The van der Waals surface area contributed by atoms with Gasteiger partial charge in [0.1, 0.15) is 0 Å². The summed E-state index contributed by atoms with van der Waals surface area (Å²) in [5.74, 6) is 0.177. The lowest BCUT2D eigenvalue weighted by atomic mass is 10.1. The van der Waals surface area contributed by atoms with Gasteiger partial charge in [0.2, 0.25) is 0 Å². The topological polar surface area (TPSA) is 47.4 Å². The van der Waals surface area contributed by atoms with E-state index in [0.717, 1.165) is 22.6 Å². The van der Waals surface area contributed by atoms with Gasteiger partial charge < -0.3 is 9.64 Å². The number of methoxy groups -OCH3 is 1. The number of nitrogens with zero attached hydrogens (tertiary/aromatic N) is 3. The van der Waals surface area contributed by atoms with E-state index < -0.39 is 0 Å². The van der Waals surface area contributed by atoms with Crippen LogP contribution >= 0.6 is 23.2 Å². The molecule has 0 radical (unpaired) electrons. The van der Waals surface area contributed by atoms with Gasteiger partial charge in [-0.25, -0.2) is 4.68 Å². The van der Waals surface area contributed by atoms with Gasteiger partial charge in [-0.15, -0.1) is 0 Å². The lowest BCUT2D eigenvalue weighted by Gasteiger charge is -2.18. The highest BCUT2D eigenvalue weighted by molar-refractivity contribution is 6.37. The molecule has 0 fully saturated rings. The number of carbonyl (C=O) groups excluding carboxylic acids is 1. The Bertz CT molecular complexity index is 993. The van der Waals surface area contributed by atoms with Crippen LogP contribution < -0.4 is 4.74 Å². The molecular weight excluding hydrogens is 397 g/mol. The average Bonchev–Trinajstić information content (AvgIpc) is 2.96. The summed E-state index contributed by atoms with van der Waals surface area (Å²) in [7, 11) is 3.23. The third-order valence-corrected chi connectivity index (χ3v) is 5.19. The molecule has 1 amide bonds. The minimum absolute atomic E-state index is 0.183. The molecule has 0 atom stereocenters. The van der Waals surface area contributed by atoms with E-state index in [-0.39, 0.29) is 5.91 Å². The van der Waals surface area contributed by atoms with Crippen LogP contribution in [0.25, 0.3) is 5.69 Å². The Kier molecular flexibility index (Phi) is 5.96. The second-order valence-corrected chi connectivity index (χ2v) is 7.35. The van der Waals surface area contributed by atoms with Crippen LogP contribution in [0.4, 0.5) is 0 Å². The number of aromatic nitrogens is 2. The summed E-state index contributed by atoms with van der Waals surface area (Å²) in [6.45, 7) is 4.37. The van der Waals surface area contributed by atoms with Gasteiger partial charge >= 0.3 is 0 Å². The van der Waals surface area contributed by atoms with Crippen molar-refractivity contribution in [1.29, 1.82) is 0 Å². The van der Waals surface area contributed by atoms with Gasteiger partial charge in [0.05, 0.1) is 28.5 Å². The first-order valence-electron chi connectivity index (χ1n) is 8.72. The summed E-state index contributed by atoms with van der Waals surface area (Å²) in [4.78, 5) is 14.5. The summed E-state index contributed by atoms with van der Waals surface area (Å²) in [6, 6.07) is 13.0. The van der Waals surface area contributed by atoms with Crippen molar-refractivity contribution in [3.8, 4) is 11.4 Å². The number of carbonyl (C=O) groups is 1. The lowest BCUT2D eigenvalue weighted by molar-refractivity contribution is 0.0784. The highest BCUT2D eigenvalue weighted by Gasteiger charge is 2.20. The fourth-order valence-corrected chi connectivity index (χ4v) is 3.77. The first kappa shape index (κ1) is 20.2. The molecule has 0 aliphatic rings. The molecule has 0 unspecified atom stereocenters. The number of para-hydroxylation sites is 1. The Morgan fingerprint density at radius 1 is 1.14 bits per heavy atom. The molecule has 0 saturated carbocycles. The molecule has 0 bridgehead atoms. The molecule has 3 aromatic rings. The highest BCUT2D eigenvalue weighted by atomic mass is 35.5. The Balaban J connectivity index is 1.86. The third kappa shape index (κ3) is 3.86. The zero-order valence-corrected chi connectivity index (χ0v) is 17.7. The second kappa shape index (κ2) is 8.25. The van der Waals surface area contributed by atoms with Crippen LogP contribution in [0.3, 0.4) is 0 Å². The van der Waals surface area contributed by atoms with Crippen molar-refractivity contribution in [3.05, 3.63) is 75.0 Å². The fraction of sp³-hybridized carbons (Fsp3) is 0.238. The molecule has 0 N–H and O–H groups in total. The Morgan fingerprint density at radius 3 is 2.32 bits per heavy atom. The van der Waals surface area contributed by atoms with E-state index in [9.17, 15) is 4.79 Å². The molecule has 0 aliphatic heterocycles. The molecule has 0 saturated heterocycles. The molecule has 2 aromatic carbocycles. The maximum absolute atomic E-state index is 12.9. The van der Waals surface area contributed by atoms with Crippen molar-refractivity contribution in [2.75, 3.05) is 14.2 Å². The number of hydrogen-bond donors (Lipinski definition) is 0. The van der Waals surface area contributed by atoms with Crippen LogP contribution in [0.5, 0.6) is 5.75 Å². The number of aryl methyl sites for hydroxylation is 1. The predicted octanol–water partition coefficient (Wildman–Crippen LogP) is 5.08. The van der Waals surface area contributed by atoms with Crippen LogP contribution in [0, 0.1) is 13.8 Å². The Hall–Kier alpha value is -2.50. The van der Waals surface area contributed by atoms with E-state index in [2.05, 4.69) is 5.10 Å². The van der Waals surface area contributed by atoms with Crippen molar-refractivity contribution in [2.45, 2.75) is 20.4 Å². The van der Waals surface area contributed by atoms with Crippen molar-refractivity contribution in [3.63, 3.8) is 0 Å². The minimum Gasteiger partial charge on any atom is -0.494 e. The van der Waals surface area contributed by atoms with Crippen molar-refractivity contribution >= 4 is 29.1 Å². The average molecular weight is 418 g/mol. The van der Waals surface area contributed by atoms with Crippen LogP contribution in [0.15, 0.2) is 42.5 Å². The van der Waals surface area contributed by atoms with Gasteiger partial charge in [-0.1, -0.05) is 41.4 Å². The number of amides is 1. The molecule has 146 valence electrons. The van der Waals surface area contributed by atoms with E-state index in [1.807, 2.05) is 48.9 Å². The van der Waals surface area contributed by atoms with Crippen LogP contribution in [0.1, 0.15) is 27.3 Å². The van der Waals surface area contributed by atoms with Gasteiger partial charge in [0.25, 0.3) is 5.91 Å². The molecular formula is C21H21Cl2N3O2. The molecule has 1 heterocycles. The quantitative estimate of drug-likeness (QED) is 0.581. The van der Waals surface area contributed by atoms with Gasteiger partial charge in [-0.2, -0.15) is 5.10 Å². The Labute approximate surface area is 174 Å². The number of ether oxygens (including phenoxy) is 1. The van der Waals surface area contributed by atoms with E-state index in [1.54, 1.807) is 24.1 Å². The summed E-state index contributed by atoms with van der Waals surface area (Å²) in [5.41, 5.74) is 4.27. The summed E-state index contributed by atoms with van der Waals surface area (Å²) in [6.07, 6.45) is 0. The standard InChI is InChI=1S/C21H21Cl2N3O2/c1-13-17(14(2)26(24-13)16-8-6-5-7-9-16)12-25(3)21(27)15-10-18(22)20(28-4)19(23)11-15/h5-11H,12H2,1-4H3. The maximum Gasteiger partial charge on any atom is 0.254 e. The monoisotopic (exact) mass is 417 g/mol. The Morgan fingerprint density at radius 2 is 1.75 bits per heavy atom. The van der Waals surface area contributed by atoms with Crippen LogP contribution in [0.2, 0.25) is 10.0 Å². The van der Waals surface area contributed by atoms with Gasteiger partial charge in [0, 0.05) is 30.4 Å². The normalized spacial score (nSPS) is 10.8. The minimum atomic E-state index is -0.183. The van der Waals surface area contributed by atoms with E-state index >= 15 is 0 Å². The predicted molar refractivity (Wildman–Crippen MR) is 112 cm³/mol. The molecule has 0 spiro atoms. The molecule has 1 aromatic heterocycles. The van der Waals surface area contributed by atoms with Gasteiger partial charge in [0.15, 0.2) is 5.75 Å². The number of benzene rings is 2. The molecule has 28 heavy (non-hydrogen) atoms. The molecule has 5 nitrogen and oxygen atoms in total. The molecule has 7 heteroatoms. The van der Waals surface area contributed by atoms with E-state index in [0.29, 0.717) is 27.9 Å². The summed E-state index contributed by atoms with van der Waals surface area (Å²) >= 11 is 12.3. The first-order chi connectivity index (χ1) is 13.3. The van der Waals surface area contributed by atoms with Gasteiger partial charge in [-0.05, 0) is 38.1 Å². The highest BCUT2D eigenvalue weighted by Crippen LogP contribution is 2.34. The number of hydrogen-bond acceptors (Lipinski definition) is 3. The largest absolute Gasteiger partial charge is 0.494 e. The second-order valence-electron chi connectivity index (χ2n) is 6.53. The van der Waals surface area contributed by atoms with Gasteiger partial charge in [-0.3, -0.25) is 4.79 Å². The molecule has 3 rings (SSSR count). The van der Waals surface area contributed by atoms with Crippen molar-refractivity contribution < 1.29 is 9.53 Å². The van der Waals surface area contributed by atoms with E-state index in [4.69, 9.17) is 27.9 Å². The maximum atomic E-state index is 12.9. The summed E-state index contributed by atoms with van der Waals surface area (Å²) < 4.78 is 7.04. The van der Waals surface area contributed by atoms with Crippen molar-refractivity contribution in [2.24, 2.45) is 0 Å². The first-order valence-corrected chi connectivity index (χ1v) is 9.48. The third-order valence-electron chi connectivity index (χ3n) is 4.63. The van der Waals surface area contributed by atoms with E-state index in [1.165, 1.54) is 7.11 Å². The molecule has 0 aliphatic carbocycles. The zero-order chi connectivity index (χ0) is 20.4.